The monoisotopic (exact) mass is 434 g/mol. The number of piperazine rings is 1. The number of sulfonamides is 1. The van der Waals surface area contributed by atoms with Crippen LogP contribution in [-0.4, -0.2) is 55.5 Å². The van der Waals surface area contributed by atoms with E-state index >= 15 is 0 Å². The molecule has 0 radical (unpaired) electrons. The van der Waals surface area contributed by atoms with Crippen LogP contribution in [0.1, 0.15) is 29.3 Å². The predicted molar refractivity (Wildman–Crippen MR) is 112 cm³/mol. The van der Waals surface area contributed by atoms with Crippen LogP contribution in [0, 0.1) is 0 Å². The molecule has 8 heteroatoms. The van der Waals surface area contributed by atoms with Crippen molar-refractivity contribution in [3.05, 3.63) is 64.7 Å². The number of hydrogen-bond acceptors (Lipinski definition) is 4. The number of carbonyl (C=O) groups excluding carboxylic acids is 2. The van der Waals surface area contributed by atoms with Crippen molar-refractivity contribution >= 4 is 33.3 Å². The lowest BCUT2D eigenvalue weighted by Crippen LogP contribution is -2.50. The number of Topliss-reactive ketones (excluding diaryl/α,β-unsaturated/α-hetero) is 1. The van der Waals surface area contributed by atoms with Gasteiger partial charge in [-0.2, -0.15) is 4.31 Å². The van der Waals surface area contributed by atoms with Crippen LogP contribution in [0.25, 0.3) is 0 Å². The Kier molecular flexibility index (Phi) is 6.72. The average Bonchev–Trinajstić information content (AvgIpc) is 2.72. The van der Waals surface area contributed by atoms with E-state index in [0.29, 0.717) is 36.5 Å². The fourth-order valence-corrected chi connectivity index (χ4v) is 4.93. The molecule has 0 spiro atoms. The number of halogens is 1. The van der Waals surface area contributed by atoms with E-state index in [9.17, 15) is 18.0 Å². The summed E-state index contributed by atoms with van der Waals surface area (Å²) in [5.74, 6) is -0.105. The molecule has 0 aromatic heterocycles. The van der Waals surface area contributed by atoms with Gasteiger partial charge >= 0.3 is 0 Å². The molecular formula is C21H23ClN2O4S. The molecule has 1 aliphatic heterocycles. The molecule has 154 valence electrons. The standard InChI is InChI=1S/C21H23ClN2O4S/c1-16(25)18-6-8-20(9-7-18)29(27,28)24-13-11-23(12-14-24)21(26)10-5-17-3-2-4-19(22)15-17/h2-4,6-9,15H,5,10-14H2,1H3. The number of rotatable bonds is 6. The van der Waals surface area contributed by atoms with Gasteiger partial charge in [0.15, 0.2) is 5.78 Å². The summed E-state index contributed by atoms with van der Waals surface area (Å²) in [6.07, 6.45) is 0.958. The minimum atomic E-state index is -3.64. The molecule has 6 nitrogen and oxygen atoms in total. The number of ketones is 1. The van der Waals surface area contributed by atoms with Crippen molar-refractivity contribution < 1.29 is 18.0 Å². The number of aryl methyl sites for hydroxylation is 1. The third-order valence-corrected chi connectivity index (χ3v) is 7.15. The molecule has 0 unspecified atom stereocenters. The van der Waals surface area contributed by atoms with Gasteiger partial charge in [-0.05, 0) is 43.2 Å². The fourth-order valence-electron chi connectivity index (χ4n) is 3.29. The SMILES string of the molecule is CC(=O)c1ccc(S(=O)(=O)N2CCN(C(=O)CCc3cccc(Cl)c3)CC2)cc1. The molecule has 0 N–H and O–H groups in total. The highest BCUT2D eigenvalue weighted by Crippen LogP contribution is 2.19. The minimum absolute atomic E-state index is 0.00725. The van der Waals surface area contributed by atoms with Gasteiger partial charge in [0.2, 0.25) is 15.9 Å². The smallest absolute Gasteiger partial charge is 0.243 e. The maximum absolute atomic E-state index is 12.8. The molecule has 1 heterocycles. The van der Waals surface area contributed by atoms with Gasteiger partial charge < -0.3 is 4.90 Å². The molecule has 3 rings (SSSR count). The number of nitrogens with zero attached hydrogens (tertiary/aromatic N) is 2. The molecule has 1 amide bonds. The number of carbonyl (C=O) groups is 2. The third kappa shape index (κ3) is 5.23. The lowest BCUT2D eigenvalue weighted by atomic mass is 10.1. The van der Waals surface area contributed by atoms with E-state index in [2.05, 4.69) is 0 Å². The average molecular weight is 435 g/mol. The Bertz CT molecular complexity index is 998. The van der Waals surface area contributed by atoms with Gasteiger partial charge in [-0.25, -0.2) is 8.42 Å². The summed E-state index contributed by atoms with van der Waals surface area (Å²) in [6, 6.07) is 13.4. The Hall–Kier alpha value is -2.22. The maximum Gasteiger partial charge on any atom is 0.243 e. The zero-order chi connectivity index (χ0) is 21.0. The summed E-state index contributed by atoms with van der Waals surface area (Å²) in [5, 5.41) is 0.644. The van der Waals surface area contributed by atoms with Gasteiger partial charge in [-0.3, -0.25) is 9.59 Å². The highest BCUT2D eigenvalue weighted by atomic mass is 35.5. The van der Waals surface area contributed by atoms with Gasteiger partial charge in [0.1, 0.15) is 0 Å². The van der Waals surface area contributed by atoms with Crippen molar-refractivity contribution in [2.45, 2.75) is 24.7 Å². The molecule has 0 atom stereocenters. The molecule has 1 aliphatic rings. The first-order chi connectivity index (χ1) is 13.8. The first-order valence-electron chi connectivity index (χ1n) is 9.41. The van der Waals surface area contributed by atoms with Crippen molar-refractivity contribution in [1.82, 2.24) is 9.21 Å². The lowest BCUT2D eigenvalue weighted by molar-refractivity contribution is -0.132. The van der Waals surface area contributed by atoms with E-state index in [1.165, 1.54) is 35.5 Å². The Morgan fingerprint density at radius 1 is 1.00 bits per heavy atom. The second kappa shape index (κ2) is 9.07. The van der Waals surface area contributed by atoms with Crippen LogP contribution in [0.4, 0.5) is 0 Å². The molecule has 0 saturated carbocycles. The number of benzene rings is 2. The van der Waals surface area contributed by atoms with Gasteiger partial charge in [0, 0.05) is 43.2 Å². The number of hydrogen-bond donors (Lipinski definition) is 0. The molecule has 0 bridgehead atoms. The highest BCUT2D eigenvalue weighted by Gasteiger charge is 2.30. The van der Waals surface area contributed by atoms with Crippen molar-refractivity contribution in [1.29, 1.82) is 0 Å². The van der Waals surface area contributed by atoms with Crippen molar-refractivity contribution in [3.8, 4) is 0 Å². The first-order valence-corrected chi connectivity index (χ1v) is 11.2. The Labute approximate surface area is 176 Å². The second-order valence-corrected chi connectivity index (χ2v) is 9.37. The van der Waals surface area contributed by atoms with Crippen molar-refractivity contribution in [2.24, 2.45) is 0 Å². The van der Waals surface area contributed by atoms with E-state index in [1.54, 1.807) is 11.0 Å². The summed E-state index contributed by atoms with van der Waals surface area (Å²) in [6.45, 7) is 2.66. The minimum Gasteiger partial charge on any atom is -0.340 e. The van der Waals surface area contributed by atoms with Crippen LogP contribution < -0.4 is 0 Å². The summed E-state index contributed by atoms with van der Waals surface area (Å²) < 4.78 is 27.0. The lowest BCUT2D eigenvalue weighted by Gasteiger charge is -2.34. The van der Waals surface area contributed by atoms with Gasteiger partial charge in [0.05, 0.1) is 4.90 Å². The largest absolute Gasteiger partial charge is 0.340 e. The molecule has 1 saturated heterocycles. The molecule has 1 fully saturated rings. The van der Waals surface area contributed by atoms with Gasteiger partial charge in [0.25, 0.3) is 0 Å². The predicted octanol–water partition coefficient (Wildman–Crippen LogP) is 3.01. The summed E-state index contributed by atoms with van der Waals surface area (Å²) in [5.41, 5.74) is 1.47. The van der Waals surface area contributed by atoms with E-state index in [4.69, 9.17) is 11.6 Å². The third-order valence-electron chi connectivity index (χ3n) is 5.01. The second-order valence-electron chi connectivity index (χ2n) is 7.00. The molecule has 2 aromatic carbocycles. The van der Waals surface area contributed by atoms with E-state index < -0.39 is 10.0 Å². The van der Waals surface area contributed by atoms with E-state index in [-0.39, 0.29) is 29.7 Å². The summed E-state index contributed by atoms with van der Waals surface area (Å²) in [7, 11) is -3.64. The molecule has 2 aromatic rings. The van der Waals surface area contributed by atoms with Gasteiger partial charge in [-0.15, -0.1) is 0 Å². The van der Waals surface area contributed by atoms with Crippen LogP contribution >= 0.6 is 11.6 Å². The molecule has 0 aliphatic carbocycles. The highest BCUT2D eigenvalue weighted by molar-refractivity contribution is 7.89. The Morgan fingerprint density at radius 2 is 1.66 bits per heavy atom. The molecular weight excluding hydrogens is 412 g/mol. The maximum atomic E-state index is 12.8. The van der Waals surface area contributed by atoms with E-state index in [0.717, 1.165) is 5.56 Å². The zero-order valence-corrected chi connectivity index (χ0v) is 17.7. The zero-order valence-electron chi connectivity index (χ0n) is 16.2. The van der Waals surface area contributed by atoms with Crippen LogP contribution in [0.5, 0.6) is 0 Å². The van der Waals surface area contributed by atoms with E-state index in [1.807, 2.05) is 18.2 Å². The topological polar surface area (TPSA) is 74.8 Å². The van der Waals surface area contributed by atoms with Crippen molar-refractivity contribution in [3.63, 3.8) is 0 Å². The van der Waals surface area contributed by atoms with Crippen LogP contribution in [-0.2, 0) is 21.2 Å². The van der Waals surface area contributed by atoms with Crippen LogP contribution in [0.15, 0.2) is 53.4 Å². The summed E-state index contributed by atoms with van der Waals surface area (Å²) >= 11 is 5.97. The van der Waals surface area contributed by atoms with Crippen LogP contribution in [0.2, 0.25) is 5.02 Å². The quantitative estimate of drug-likeness (QED) is 0.655. The fraction of sp³-hybridized carbons (Fsp3) is 0.333. The van der Waals surface area contributed by atoms with Gasteiger partial charge in [-0.1, -0.05) is 35.9 Å². The Balaban J connectivity index is 1.56. The molecule has 29 heavy (non-hydrogen) atoms. The number of amides is 1. The van der Waals surface area contributed by atoms with Crippen molar-refractivity contribution in [2.75, 3.05) is 26.2 Å². The first kappa shape index (κ1) is 21.5. The Morgan fingerprint density at radius 3 is 2.24 bits per heavy atom. The normalized spacial score (nSPS) is 15.3. The van der Waals surface area contributed by atoms with Crippen LogP contribution in [0.3, 0.4) is 0 Å². The summed E-state index contributed by atoms with van der Waals surface area (Å²) in [4.78, 5) is 25.7.